The molecular weight excluding hydrogens is 378 g/mol. The fourth-order valence-electron chi connectivity index (χ4n) is 2.06. The number of nitrogens with zero attached hydrogens (tertiary/aromatic N) is 1. The third-order valence-electron chi connectivity index (χ3n) is 3.43. The minimum Gasteiger partial charge on any atom is -0.331 e. The number of nitrogens with one attached hydrogen (secondary N) is 3. The molecule has 0 bridgehead atoms. The molecule has 0 saturated carbocycles. The molecule has 0 saturated heterocycles. The van der Waals surface area contributed by atoms with Gasteiger partial charge in [-0.25, -0.2) is 13.6 Å². The van der Waals surface area contributed by atoms with Crippen molar-refractivity contribution >= 4 is 44.4 Å². The van der Waals surface area contributed by atoms with Gasteiger partial charge in [0.05, 0.1) is 9.82 Å². The van der Waals surface area contributed by atoms with E-state index in [1.165, 1.54) is 11.6 Å². The lowest BCUT2D eigenvalue weighted by Crippen LogP contribution is -2.33. The molecule has 0 fully saturated rings. The van der Waals surface area contributed by atoms with Crippen molar-refractivity contribution in [1.29, 1.82) is 0 Å². The molecule has 0 radical (unpaired) electrons. The second kappa shape index (κ2) is 8.08. The molecule has 26 heavy (non-hydrogen) atoms. The lowest BCUT2D eigenvalue weighted by atomic mass is 10.1. The van der Waals surface area contributed by atoms with Gasteiger partial charge in [-0.3, -0.25) is 21.0 Å². The van der Waals surface area contributed by atoms with Crippen molar-refractivity contribution in [3.63, 3.8) is 0 Å². The Morgan fingerprint density at radius 3 is 2.42 bits per heavy atom. The van der Waals surface area contributed by atoms with Crippen LogP contribution in [0.3, 0.4) is 0 Å². The lowest BCUT2D eigenvalue weighted by Gasteiger charge is -2.13. The molecular formula is C15H17N5O4S2. The number of nitro benzene ring substituents is 1. The number of hydrogen-bond donors (Lipinski definition) is 4. The van der Waals surface area contributed by atoms with Gasteiger partial charge in [-0.05, 0) is 48.5 Å². The molecule has 0 aliphatic heterocycles. The van der Waals surface area contributed by atoms with Crippen molar-refractivity contribution in [2.45, 2.75) is 18.2 Å². The minimum absolute atomic E-state index is 0.0351. The van der Waals surface area contributed by atoms with Crippen molar-refractivity contribution in [2.75, 3.05) is 10.7 Å². The largest absolute Gasteiger partial charge is 0.331 e. The Balaban J connectivity index is 2.08. The van der Waals surface area contributed by atoms with Crippen molar-refractivity contribution in [3.05, 3.63) is 58.1 Å². The topological polar surface area (TPSA) is 139 Å². The van der Waals surface area contributed by atoms with Crippen LogP contribution in [0.2, 0.25) is 0 Å². The van der Waals surface area contributed by atoms with Crippen LogP contribution in [0.15, 0.2) is 47.4 Å². The normalized spacial score (nSPS) is 10.8. The first-order chi connectivity index (χ1) is 12.2. The number of sulfonamides is 1. The predicted molar refractivity (Wildman–Crippen MR) is 103 cm³/mol. The van der Waals surface area contributed by atoms with Gasteiger partial charge < -0.3 is 5.32 Å². The summed E-state index contributed by atoms with van der Waals surface area (Å²) in [5.41, 5.74) is 6.70. The molecule has 2 aromatic carbocycles. The van der Waals surface area contributed by atoms with E-state index in [0.717, 1.165) is 24.2 Å². The highest BCUT2D eigenvalue weighted by atomic mass is 32.2. The SMILES string of the molecule is CCc1ccc(NC(=S)NNc2ccc(S(N)(=O)=O)cc2[N+](=O)[O-])cc1. The van der Waals surface area contributed by atoms with Gasteiger partial charge in [-0.2, -0.15) is 0 Å². The van der Waals surface area contributed by atoms with Crippen LogP contribution in [0.1, 0.15) is 12.5 Å². The molecule has 0 unspecified atom stereocenters. The molecule has 0 atom stereocenters. The van der Waals surface area contributed by atoms with E-state index < -0.39 is 20.6 Å². The van der Waals surface area contributed by atoms with Crippen LogP contribution in [0.5, 0.6) is 0 Å². The van der Waals surface area contributed by atoms with Gasteiger partial charge in [-0.15, -0.1) is 0 Å². The van der Waals surface area contributed by atoms with E-state index in [2.05, 4.69) is 16.2 Å². The van der Waals surface area contributed by atoms with Gasteiger partial charge in [0, 0.05) is 11.8 Å². The number of anilines is 2. The van der Waals surface area contributed by atoms with E-state index in [-0.39, 0.29) is 15.7 Å². The molecule has 5 N–H and O–H groups in total. The molecule has 0 spiro atoms. The Bertz CT molecular complexity index is 930. The first kappa shape index (κ1) is 19.6. The predicted octanol–water partition coefficient (Wildman–Crippen LogP) is 2.12. The Hall–Kier alpha value is -2.76. The van der Waals surface area contributed by atoms with Crippen LogP contribution in [0, 0.1) is 10.1 Å². The molecule has 11 heteroatoms. The molecule has 0 aliphatic carbocycles. The van der Waals surface area contributed by atoms with E-state index in [4.69, 9.17) is 17.4 Å². The average molecular weight is 395 g/mol. The fraction of sp³-hybridized carbons (Fsp3) is 0.133. The third kappa shape index (κ3) is 5.12. The monoisotopic (exact) mass is 395 g/mol. The summed E-state index contributed by atoms with van der Waals surface area (Å²) < 4.78 is 22.6. The molecule has 0 aromatic heterocycles. The average Bonchev–Trinajstić information content (AvgIpc) is 2.59. The number of thiocarbonyl (C=S) groups is 1. The number of aryl methyl sites for hydroxylation is 1. The number of rotatable bonds is 6. The zero-order valence-corrected chi connectivity index (χ0v) is 15.4. The fourth-order valence-corrected chi connectivity index (χ4v) is 2.76. The van der Waals surface area contributed by atoms with Crippen LogP contribution >= 0.6 is 12.2 Å². The van der Waals surface area contributed by atoms with Crippen LogP contribution in [-0.2, 0) is 16.4 Å². The Morgan fingerprint density at radius 2 is 1.88 bits per heavy atom. The van der Waals surface area contributed by atoms with E-state index >= 15 is 0 Å². The van der Waals surface area contributed by atoms with Crippen LogP contribution in [-0.4, -0.2) is 18.5 Å². The van der Waals surface area contributed by atoms with Gasteiger partial charge in [-0.1, -0.05) is 19.1 Å². The van der Waals surface area contributed by atoms with Crippen molar-refractivity contribution in [3.8, 4) is 0 Å². The van der Waals surface area contributed by atoms with Crippen molar-refractivity contribution in [2.24, 2.45) is 5.14 Å². The first-order valence-electron chi connectivity index (χ1n) is 7.44. The second-order valence-electron chi connectivity index (χ2n) is 5.24. The number of hydrogen-bond acceptors (Lipinski definition) is 6. The van der Waals surface area contributed by atoms with Gasteiger partial charge in [0.1, 0.15) is 5.69 Å². The smallest absolute Gasteiger partial charge is 0.295 e. The van der Waals surface area contributed by atoms with Crippen LogP contribution in [0.4, 0.5) is 17.1 Å². The van der Waals surface area contributed by atoms with Gasteiger partial charge in [0.15, 0.2) is 5.11 Å². The Kier molecular flexibility index (Phi) is 6.08. The summed E-state index contributed by atoms with van der Waals surface area (Å²) in [6, 6.07) is 10.9. The third-order valence-corrected chi connectivity index (χ3v) is 4.54. The van der Waals surface area contributed by atoms with Crippen molar-refractivity contribution in [1.82, 2.24) is 5.43 Å². The summed E-state index contributed by atoms with van der Waals surface area (Å²) in [5, 5.41) is 19.2. The van der Waals surface area contributed by atoms with Crippen LogP contribution < -0.4 is 21.3 Å². The zero-order chi connectivity index (χ0) is 19.3. The molecule has 0 aliphatic rings. The number of hydrazine groups is 1. The Morgan fingerprint density at radius 1 is 1.23 bits per heavy atom. The summed E-state index contributed by atoms with van der Waals surface area (Å²) in [7, 11) is -4.04. The first-order valence-corrected chi connectivity index (χ1v) is 9.39. The van der Waals surface area contributed by atoms with E-state index in [1.54, 1.807) is 0 Å². The number of nitro groups is 1. The van der Waals surface area contributed by atoms with Gasteiger partial charge >= 0.3 is 0 Å². The molecule has 138 valence electrons. The molecule has 9 nitrogen and oxygen atoms in total. The summed E-state index contributed by atoms with van der Waals surface area (Å²) >= 11 is 5.12. The summed E-state index contributed by atoms with van der Waals surface area (Å²) in [4.78, 5) is 10.1. The quantitative estimate of drug-likeness (QED) is 0.331. The minimum atomic E-state index is -4.04. The maximum absolute atomic E-state index is 11.3. The zero-order valence-electron chi connectivity index (χ0n) is 13.7. The summed E-state index contributed by atoms with van der Waals surface area (Å²) in [6.45, 7) is 2.05. The number of primary sulfonamides is 1. The maximum Gasteiger partial charge on any atom is 0.295 e. The van der Waals surface area contributed by atoms with Gasteiger partial charge in [0.25, 0.3) is 5.69 Å². The highest BCUT2D eigenvalue weighted by Gasteiger charge is 2.19. The van der Waals surface area contributed by atoms with E-state index in [0.29, 0.717) is 0 Å². The van der Waals surface area contributed by atoms with Gasteiger partial charge in [0.2, 0.25) is 10.0 Å². The van der Waals surface area contributed by atoms with E-state index in [1.807, 2.05) is 31.2 Å². The molecule has 2 aromatic rings. The van der Waals surface area contributed by atoms with E-state index in [9.17, 15) is 18.5 Å². The lowest BCUT2D eigenvalue weighted by molar-refractivity contribution is -0.384. The summed E-state index contributed by atoms with van der Waals surface area (Å²) in [5.74, 6) is 0. The summed E-state index contributed by atoms with van der Waals surface area (Å²) in [6.07, 6.45) is 0.919. The standard InChI is InChI=1S/C15H17N5O4S2/c1-2-10-3-5-11(6-4-10)17-15(25)19-18-13-8-7-12(26(16,23)24)9-14(13)20(21)22/h3-9,18H,2H2,1H3,(H2,16,23,24)(H2,17,19,25). The molecule has 0 amide bonds. The highest BCUT2D eigenvalue weighted by molar-refractivity contribution is 7.89. The highest BCUT2D eigenvalue weighted by Crippen LogP contribution is 2.26. The number of benzene rings is 2. The maximum atomic E-state index is 11.3. The number of nitrogens with two attached hydrogens (primary N) is 1. The Labute approximate surface area is 155 Å². The molecule has 2 rings (SSSR count). The van der Waals surface area contributed by atoms with Crippen molar-refractivity contribution < 1.29 is 13.3 Å². The molecule has 0 heterocycles. The second-order valence-corrected chi connectivity index (χ2v) is 7.21. The van der Waals surface area contributed by atoms with Crippen LogP contribution in [0.25, 0.3) is 0 Å².